The molecule has 0 aliphatic rings. The lowest BCUT2D eigenvalue weighted by Crippen LogP contribution is -2.15. The van der Waals surface area contributed by atoms with Crippen LogP contribution in [0.3, 0.4) is 0 Å². The van der Waals surface area contributed by atoms with Gasteiger partial charge in [-0.15, -0.1) is 0 Å². The molecule has 1 atom stereocenters. The number of halogens is 2. The van der Waals surface area contributed by atoms with Crippen molar-refractivity contribution in [3.05, 3.63) is 58.2 Å². The van der Waals surface area contributed by atoms with Crippen LogP contribution in [0.15, 0.2) is 42.6 Å². The van der Waals surface area contributed by atoms with E-state index in [0.29, 0.717) is 26.7 Å². The molecule has 3 aromatic rings. The first kappa shape index (κ1) is 17.5. The maximum Gasteiger partial charge on any atom is 0.307 e. The van der Waals surface area contributed by atoms with E-state index in [2.05, 4.69) is 0 Å². The van der Waals surface area contributed by atoms with E-state index in [-0.39, 0.29) is 12.3 Å². The van der Waals surface area contributed by atoms with Gasteiger partial charge in [0, 0.05) is 32.7 Å². The van der Waals surface area contributed by atoms with Gasteiger partial charge in [-0.1, -0.05) is 29.3 Å². The highest BCUT2D eigenvalue weighted by Crippen LogP contribution is 2.36. The summed E-state index contributed by atoms with van der Waals surface area (Å²) in [4.78, 5) is 11.9. The predicted molar refractivity (Wildman–Crippen MR) is 99.2 cm³/mol. The van der Waals surface area contributed by atoms with E-state index in [1.54, 1.807) is 47.2 Å². The van der Waals surface area contributed by atoms with Crippen molar-refractivity contribution in [1.29, 1.82) is 0 Å². The molecule has 0 spiro atoms. The molecular weight excluding hydrogens is 363 g/mol. The van der Waals surface area contributed by atoms with E-state index in [9.17, 15) is 9.90 Å². The highest BCUT2D eigenvalue weighted by Gasteiger charge is 2.23. The molecule has 0 aliphatic carbocycles. The number of benzene rings is 2. The van der Waals surface area contributed by atoms with Crippen LogP contribution >= 0.6 is 23.2 Å². The second kappa shape index (κ2) is 6.86. The molecule has 0 fully saturated rings. The second-order valence-electron chi connectivity index (χ2n) is 5.71. The molecule has 0 aliphatic heterocycles. The summed E-state index contributed by atoms with van der Waals surface area (Å²) in [5.41, 5.74) is 7.03. The number of nitrogen functional groups attached to an aromatic ring is 1. The minimum Gasteiger partial charge on any atom is -0.494 e. The zero-order valence-corrected chi connectivity index (χ0v) is 14.9. The number of aromatic nitrogens is 1. The number of carbonyl (C=O) groups excluding carboxylic acids is 1. The standard InChI is InChI=1S/C18H16Cl2N2O3/c1-25-17(23)8-16(11-4-12(19)6-13(20)5-11)22-9-10-2-3-14(21)7-15(10)18(22)24/h2-7,9,16,24H,8,21H2,1H3. The fourth-order valence-electron chi connectivity index (χ4n) is 2.85. The number of aromatic hydroxyl groups is 1. The lowest BCUT2D eigenvalue weighted by molar-refractivity contribution is -0.141. The molecule has 0 saturated heterocycles. The van der Waals surface area contributed by atoms with Crippen LogP contribution in [-0.2, 0) is 9.53 Å². The third-order valence-corrected chi connectivity index (χ3v) is 4.47. The Morgan fingerprint density at radius 1 is 1.24 bits per heavy atom. The van der Waals surface area contributed by atoms with Gasteiger partial charge >= 0.3 is 5.97 Å². The van der Waals surface area contributed by atoms with E-state index in [0.717, 1.165) is 5.39 Å². The van der Waals surface area contributed by atoms with Crippen LogP contribution in [0, 0.1) is 0 Å². The Morgan fingerprint density at radius 3 is 2.56 bits per heavy atom. The number of anilines is 1. The van der Waals surface area contributed by atoms with Gasteiger partial charge in [0.2, 0.25) is 0 Å². The van der Waals surface area contributed by atoms with Crippen LogP contribution in [0.2, 0.25) is 10.0 Å². The third kappa shape index (κ3) is 3.52. The molecule has 3 N–H and O–H groups in total. The van der Waals surface area contributed by atoms with Gasteiger partial charge in [0.25, 0.3) is 0 Å². The molecule has 1 aromatic heterocycles. The number of hydrogen-bond donors (Lipinski definition) is 2. The van der Waals surface area contributed by atoms with Crippen molar-refractivity contribution in [3.63, 3.8) is 0 Å². The predicted octanol–water partition coefficient (Wildman–Crippen LogP) is 4.39. The Balaban J connectivity index is 2.17. The van der Waals surface area contributed by atoms with E-state index in [4.69, 9.17) is 33.7 Å². The topological polar surface area (TPSA) is 77.5 Å². The number of methoxy groups -OCH3 is 1. The summed E-state index contributed by atoms with van der Waals surface area (Å²) in [5, 5.41) is 12.9. The molecule has 1 unspecified atom stereocenters. The van der Waals surface area contributed by atoms with Crippen molar-refractivity contribution in [2.75, 3.05) is 12.8 Å². The average Bonchev–Trinajstić information content (AvgIpc) is 2.88. The Bertz CT molecular complexity index is 933. The van der Waals surface area contributed by atoms with Gasteiger partial charge < -0.3 is 20.1 Å². The molecule has 1 heterocycles. The molecule has 25 heavy (non-hydrogen) atoms. The molecule has 2 aromatic carbocycles. The van der Waals surface area contributed by atoms with Crippen LogP contribution in [0.4, 0.5) is 5.69 Å². The average molecular weight is 379 g/mol. The number of hydrogen-bond acceptors (Lipinski definition) is 4. The highest BCUT2D eigenvalue weighted by molar-refractivity contribution is 6.34. The Kier molecular flexibility index (Phi) is 4.79. The maximum atomic E-state index is 11.9. The maximum absolute atomic E-state index is 11.9. The van der Waals surface area contributed by atoms with Crippen LogP contribution in [-0.4, -0.2) is 22.8 Å². The third-order valence-electron chi connectivity index (χ3n) is 4.03. The molecule has 0 radical (unpaired) electrons. The largest absolute Gasteiger partial charge is 0.494 e. The normalized spacial score (nSPS) is 12.3. The van der Waals surface area contributed by atoms with Crippen LogP contribution in [0.1, 0.15) is 18.0 Å². The van der Waals surface area contributed by atoms with Gasteiger partial charge in [-0.2, -0.15) is 0 Å². The minimum atomic E-state index is -0.530. The first-order valence-electron chi connectivity index (χ1n) is 7.51. The quantitative estimate of drug-likeness (QED) is 0.521. The highest BCUT2D eigenvalue weighted by atomic mass is 35.5. The molecule has 0 amide bonds. The van der Waals surface area contributed by atoms with Crippen molar-refractivity contribution in [3.8, 4) is 5.88 Å². The number of esters is 1. The molecule has 7 heteroatoms. The fourth-order valence-corrected chi connectivity index (χ4v) is 3.40. The van der Waals surface area contributed by atoms with Crippen LogP contribution in [0.5, 0.6) is 5.88 Å². The molecule has 130 valence electrons. The Labute approximate surface area is 154 Å². The summed E-state index contributed by atoms with van der Waals surface area (Å²) in [6, 6.07) is 9.73. The zero-order valence-electron chi connectivity index (χ0n) is 13.4. The van der Waals surface area contributed by atoms with Gasteiger partial charge in [-0.25, -0.2) is 0 Å². The van der Waals surface area contributed by atoms with Gasteiger partial charge in [-0.3, -0.25) is 4.79 Å². The number of carbonyl (C=O) groups is 1. The SMILES string of the molecule is COC(=O)CC(c1cc(Cl)cc(Cl)c1)n1cc2ccc(N)cc2c1O. The van der Waals surface area contributed by atoms with Crippen molar-refractivity contribution < 1.29 is 14.6 Å². The van der Waals surface area contributed by atoms with E-state index in [1.807, 2.05) is 0 Å². The van der Waals surface area contributed by atoms with Gasteiger partial charge in [0.15, 0.2) is 5.88 Å². The molecule has 0 saturated carbocycles. The summed E-state index contributed by atoms with van der Waals surface area (Å²) in [5.74, 6) is -0.412. The van der Waals surface area contributed by atoms with Crippen molar-refractivity contribution in [2.45, 2.75) is 12.5 Å². The monoisotopic (exact) mass is 378 g/mol. The Hall–Kier alpha value is -2.37. The van der Waals surface area contributed by atoms with Crippen LogP contribution in [0.25, 0.3) is 10.8 Å². The lowest BCUT2D eigenvalue weighted by Gasteiger charge is -2.20. The molecule has 5 nitrogen and oxygen atoms in total. The molecule has 0 bridgehead atoms. The van der Waals surface area contributed by atoms with E-state index >= 15 is 0 Å². The first-order chi connectivity index (χ1) is 11.9. The number of rotatable bonds is 4. The zero-order chi connectivity index (χ0) is 18.1. The Morgan fingerprint density at radius 2 is 1.92 bits per heavy atom. The number of nitrogens with zero attached hydrogens (tertiary/aromatic N) is 1. The number of ether oxygens (including phenoxy) is 1. The van der Waals surface area contributed by atoms with Gasteiger partial charge in [0.1, 0.15) is 0 Å². The second-order valence-corrected chi connectivity index (χ2v) is 6.58. The fraction of sp³-hybridized carbons (Fsp3) is 0.167. The summed E-state index contributed by atoms with van der Waals surface area (Å²) < 4.78 is 6.40. The number of nitrogens with two attached hydrogens (primary N) is 1. The van der Waals surface area contributed by atoms with Crippen molar-refractivity contribution in [1.82, 2.24) is 4.57 Å². The van der Waals surface area contributed by atoms with Crippen molar-refractivity contribution in [2.24, 2.45) is 0 Å². The van der Waals surface area contributed by atoms with E-state index < -0.39 is 12.0 Å². The van der Waals surface area contributed by atoms with Gasteiger partial charge in [0.05, 0.1) is 19.6 Å². The summed E-state index contributed by atoms with van der Waals surface area (Å²) >= 11 is 12.2. The number of fused-ring (bicyclic) bond motifs is 1. The molecule has 3 rings (SSSR count). The lowest BCUT2D eigenvalue weighted by atomic mass is 10.0. The summed E-state index contributed by atoms with van der Waals surface area (Å²) in [6.45, 7) is 0. The summed E-state index contributed by atoms with van der Waals surface area (Å²) in [6.07, 6.45) is 1.77. The minimum absolute atomic E-state index is 0.00676. The van der Waals surface area contributed by atoms with E-state index in [1.165, 1.54) is 7.11 Å². The smallest absolute Gasteiger partial charge is 0.307 e. The van der Waals surface area contributed by atoms with Crippen LogP contribution < -0.4 is 5.73 Å². The van der Waals surface area contributed by atoms with Gasteiger partial charge in [-0.05, 0) is 35.9 Å². The summed E-state index contributed by atoms with van der Waals surface area (Å²) in [7, 11) is 1.32. The molecular formula is C18H16Cl2N2O3. The van der Waals surface area contributed by atoms with Crippen molar-refractivity contribution >= 4 is 45.6 Å². The first-order valence-corrected chi connectivity index (χ1v) is 8.26.